The van der Waals surface area contributed by atoms with Gasteiger partial charge in [-0.05, 0) is 57.0 Å². The summed E-state index contributed by atoms with van der Waals surface area (Å²) in [5.41, 5.74) is 1.79. The Kier molecular flexibility index (Phi) is 5.60. The molecule has 0 unspecified atom stereocenters. The summed E-state index contributed by atoms with van der Waals surface area (Å²) in [6, 6.07) is 7.55. The van der Waals surface area contributed by atoms with Crippen LogP contribution in [0.4, 0.5) is 0 Å². The van der Waals surface area contributed by atoms with Gasteiger partial charge in [0.1, 0.15) is 0 Å². The molecule has 0 saturated carbocycles. The molecule has 1 fully saturated rings. The van der Waals surface area contributed by atoms with Gasteiger partial charge in [0.2, 0.25) is 0 Å². The molecular formula is C15H25BN2O2. The van der Waals surface area contributed by atoms with Crippen molar-refractivity contribution < 1.29 is 10.0 Å². The molecule has 0 aromatic heterocycles. The first kappa shape index (κ1) is 15.5. The highest BCUT2D eigenvalue weighted by atomic mass is 16.4. The molecule has 0 radical (unpaired) electrons. The predicted octanol–water partition coefficient (Wildman–Crippen LogP) is 0.140. The number of rotatable bonds is 5. The highest BCUT2D eigenvalue weighted by molar-refractivity contribution is 6.58. The minimum Gasteiger partial charge on any atom is -0.423 e. The SMILES string of the molecule is CN(C)CC1CCN(Cc2ccc(B(O)O)cc2)CC1. The maximum Gasteiger partial charge on any atom is 0.488 e. The van der Waals surface area contributed by atoms with E-state index in [0.29, 0.717) is 5.46 Å². The first-order valence-corrected chi connectivity index (χ1v) is 7.36. The molecule has 20 heavy (non-hydrogen) atoms. The molecular weight excluding hydrogens is 251 g/mol. The zero-order valence-corrected chi connectivity index (χ0v) is 12.5. The zero-order valence-electron chi connectivity index (χ0n) is 12.5. The summed E-state index contributed by atoms with van der Waals surface area (Å²) in [5.74, 6) is 0.827. The number of likely N-dealkylation sites (tertiary alicyclic amines) is 1. The standard InChI is InChI=1S/C15H25BN2O2/c1-17(2)11-14-7-9-18(10-8-14)12-13-3-5-15(6-4-13)16(19)20/h3-6,14,19-20H,7-12H2,1-2H3. The molecule has 1 aromatic carbocycles. The van der Waals surface area contributed by atoms with Crippen molar-refractivity contribution in [2.24, 2.45) is 5.92 Å². The van der Waals surface area contributed by atoms with E-state index < -0.39 is 7.12 Å². The first-order valence-electron chi connectivity index (χ1n) is 7.36. The van der Waals surface area contributed by atoms with Crippen molar-refractivity contribution in [1.82, 2.24) is 9.80 Å². The van der Waals surface area contributed by atoms with Gasteiger partial charge in [0.05, 0.1) is 0 Å². The second-order valence-electron chi connectivity index (χ2n) is 6.10. The van der Waals surface area contributed by atoms with Gasteiger partial charge >= 0.3 is 7.12 Å². The van der Waals surface area contributed by atoms with Crippen molar-refractivity contribution in [3.05, 3.63) is 29.8 Å². The lowest BCUT2D eigenvalue weighted by molar-refractivity contribution is 0.157. The van der Waals surface area contributed by atoms with Gasteiger partial charge in [0.15, 0.2) is 0 Å². The van der Waals surface area contributed by atoms with Crippen LogP contribution in [0.15, 0.2) is 24.3 Å². The van der Waals surface area contributed by atoms with E-state index in [1.54, 1.807) is 12.1 Å². The molecule has 4 nitrogen and oxygen atoms in total. The van der Waals surface area contributed by atoms with Crippen LogP contribution in [0.5, 0.6) is 0 Å². The highest BCUT2D eigenvalue weighted by Crippen LogP contribution is 2.19. The second-order valence-corrected chi connectivity index (χ2v) is 6.10. The maximum atomic E-state index is 9.08. The van der Waals surface area contributed by atoms with E-state index in [4.69, 9.17) is 10.0 Å². The van der Waals surface area contributed by atoms with Gasteiger partial charge in [0.25, 0.3) is 0 Å². The Balaban J connectivity index is 1.80. The van der Waals surface area contributed by atoms with Crippen molar-refractivity contribution >= 4 is 12.6 Å². The fourth-order valence-corrected chi connectivity index (χ4v) is 2.90. The predicted molar refractivity (Wildman–Crippen MR) is 82.8 cm³/mol. The van der Waals surface area contributed by atoms with E-state index in [1.807, 2.05) is 12.1 Å². The Bertz CT molecular complexity index is 401. The zero-order chi connectivity index (χ0) is 14.5. The minimum atomic E-state index is -1.37. The lowest BCUT2D eigenvalue weighted by Gasteiger charge is -2.33. The topological polar surface area (TPSA) is 46.9 Å². The van der Waals surface area contributed by atoms with Crippen molar-refractivity contribution in [1.29, 1.82) is 0 Å². The molecule has 0 spiro atoms. The van der Waals surface area contributed by atoms with Gasteiger partial charge in [-0.1, -0.05) is 24.3 Å². The minimum absolute atomic E-state index is 0.554. The Hall–Kier alpha value is -0.875. The van der Waals surface area contributed by atoms with Gasteiger partial charge < -0.3 is 14.9 Å². The normalized spacial score (nSPS) is 17.6. The van der Waals surface area contributed by atoms with Crippen molar-refractivity contribution in [2.45, 2.75) is 19.4 Å². The molecule has 0 amide bonds. The summed E-state index contributed by atoms with van der Waals surface area (Å²) in [7, 11) is 2.92. The molecule has 5 heteroatoms. The smallest absolute Gasteiger partial charge is 0.423 e. The van der Waals surface area contributed by atoms with Crippen LogP contribution in [0.1, 0.15) is 18.4 Å². The average molecular weight is 276 g/mol. The summed E-state index contributed by atoms with van der Waals surface area (Å²) < 4.78 is 0. The molecule has 1 heterocycles. The number of nitrogens with zero attached hydrogens (tertiary/aromatic N) is 2. The molecule has 1 aliphatic rings. The summed E-state index contributed by atoms with van der Waals surface area (Å²) in [5, 5.41) is 18.2. The maximum absolute atomic E-state index is 9.08. The molecule has 1 aliphatic heterocycles. The van der Waals surface area contributed by atoms with Gasteiger partial charge in [-0.25, -0.2) is 0 Å². The van der Waals surface area contributed by atoms with Crippen LogP contribution < -0.4 is 5.46 Å². The fraction of sp³-hybridized carbons (Fsp3) is 0.600. The lowest BCUT2D eigenvalue weighted by Crippen LogP contribution is -2.36. The second kappa shape index (κ2) is 7.22. The fourth-order valence-electron chi connectivity index (χ4n) is 2.90. The van der Waals surface area contributed by atoms with Gasteiger partial charge in [0, 0.05) is 13.1 Å². The van der Waals surface area contributed by atoms with Gasteiger partial charge in [-0.15, -0.1) is 0 Å². The summed E-state index contributed by atoms with van der Waals surface area (Å²) in [4.78, 5) is 4.76. The van der Waals surface area contributed by atoms with Crippen molar-refractivity contribution in [3.8, 4) is 0 Å². The van der Waals surface area contributed by atoms with E-state index in [2.05, 4.69) is 23.9 Å². The van der Waals surface area contributed by atoms with E-state index >= 15 is 0 Å². The molecule has 0 aliphatic carbocycles. The molecule has 0 bridgehead atoms. The van der Waals surface area contributed by atoms with E-state index in [1.165, 1.54) is 24.9 Å². The Labute approximate surface area is 122 Å². The van der Waals surface area contributed by atoms with Crippen molar-refractivity contribution in [2.75, 3.05) is 33.7 Å². The third kappa shape index (κ3) is 4.60. The molecule has 110 valence electrons. The van der Waals surface area contributed by atoms with Crippen molar-refractivity contribution in [3.63, 3.8) is 0 Å². The Morgan fingerprint density at radius 2 is 1.75 bits per heavy atom. The molecule has 1 saturated heterocycles. The summed E-state index contributed by atoms with van der Waals surface area (Å²) in [6.07, 6.45) is 2.54. The largest absolute Gasteiger partial charge is 0.488 e. The molecule has 2 N–H and O–H groups in total. The third-order valence-electron chi connectivity index (χ3n) is 4.01. The third-order valence-corrected chi connectivity index (χ3v) is 4.01. The van der Waals surface area contributed by atoms with Crippen LogP contribution in [-0.4, -0.2) is 60.7 Å². The number of piperidine rings is 1. The number of hydrogen-bond donors (Lipinski definition) is 2. The molecule has 0 atom stereocenters. The first-order chi connectivity index (χ1) is 9.54. The van der Waals surface area contributed by atoms with Crippen LogP contribution in [0.3, 0.4) is 0 Å². The lowest BCUT2D eigenvalue weighted by atomic mass is 9.80. The van der Waals surface area contributed by atoms with Crippen LogP contribution in [0.25, 0.3) is 0 Å². The summed E-state index contributed by atoms with van der Waals surface area (Å²) in [6.45, 7) is 4.46. The van der Waals surface area contributed by atoms with E-state index in [-0.39, 0.29) is 0 Å². The highest BCUT2D eigenvalue weighted by Gasteiger charge is 2.19. The quantitative estimate of drug-likeness (QED) is 0.751. The van der Waals surface area contributed by atoms with Crippen LogP contribution >= 0.6 is 0 Å². The molecule has 1 aromatic rings. The van der Waals surface area contributed by atoms with Gasteiger partial charge in [-0.3, -0.25) is 4.90 Å². The van der Waals surface area contributed by atoms with E-state index in [0.717, 1.165) is 25.6 Å². The average Bonchev–Trinajstić information content (AvgIpc) is 2.41. The summed E-state index contributed by atoms with van der Waals surface area (Å²) >= 11 is 0. The van der Waals surface area contributed by atoms with E-state index in [9.17, 15) is 0 Å². The van der Waals surface area contributed by atoms with Crippen LogP contribution in [0.2, 0.25) is 0 Å². The Morgan fingerprint density at radius 3 is 2.25 bits per heavy atom. The molecule has 2 rings (SSSR count). The monoisotopic (exact) mass is 276 g/mol. The van der Waals surface area contributed by atoms with Crippen LogP contribution in [-0.2, 0) is 6.54 Å². The Morgan fingerprint density at radius 1 is 1.15 bits per heavy atom. The van der Waals surface area contributed by atoms with Gasteiger partial charge in [-0.2, -0.15) is 0 Å². The number of benzene rings is 1. The van der Waals surface area contributed by atoms with Crippen LogP contribution in [0, 0.1) is 5.92 Å². The number of hydrogen-bond acceptors (Lipinski definition) is 4.